The van der Waals surface area contributed by atoms with Crippen molar-refractivity contribution in [1.82, 2.24) is 14.9 Å². The molecule has 128 valence electrons. The second-order valence-electron chi connectivity index (χ2n) is 6.17. The van der Waals surface area contributed by atoms with Gasteiger partial charge in [-0.1, -0.05) is 42.1 Å². The van der Waals surface area contributed by atoms with Crippen LogP contribution in [-0.2, 0) is 4.79 Å². The summed E-state index contributed by atoms with van der Waals surface area (Å²) < 4.78 is 0. The lowest BCUT2D eigenvalue weighted by molar-refractivity contribution is -0.129. The maximum atomic E-state index is 12.6. The predicted molar refractivity (Wildman–Crippen MR) is 104 cm³/mol. The molecule has 0 radical (unpaired) electrons. The van der Waals surface area contributed by atoms with Crippen LogP contribution in [0.1, 0.15) is 19.8 Å². The summed E-state index contributed by atoms with van der Waals surface area (Å²) in [5.74, 6) is 0.216. The molecular formula is C19H19N3OS2. The number of rotatable bonds is 4. The van der Waals surface area contributed by atoms with Crippen LogP contribution in [0.4, 0.5) is 0 Å². The van der Waals surface area contributed by atoms with E-state index in [0.717, 1.165) is 41.2 Å². The number of hydrogen-bond donors (Lipinski definition) is 0. The lowest BCUT2D eigenvalue weighted by atomic mass is 10.2. The molecule has 0 aliphatic carbocycles. The summed E-state index contributed by atoms with van der Waals surface area (Å²) in [7, 11) is 0. The number of fused-ring (bicyclic) bond motifs is 1. The molecule has 1 amide bonds. The predicted octanol–water partition coefficient (Wildman–Crippen LogP) is 4.46. The number of hydrogen-bond acceptors (Lipinski definition) is 5. The summed E-state index contributed by atoms with van der Waals surface area (Å²) in [4.78, 5) is 25.6. The molecule has 1 saturated heterocycles. The van der Waals surface area contributed by atoms with Crippen LogP contribution in [0.5, 0.6) is 0 Å². The topological polar surface area (TPSA) is 46.1 Å². The Hall–Kier alpha value is -1.92. The number of amides is 1. The van der Waals surface area contributed by atoms with Crippen molar-refractivity contribution in [2.45, 2.75) is 30.0 Å². The number of likely N-dealkylation sites (tertiary alicyclic amines) is 1. The third kappa shape index (κ3) is 3.41. The minimum atomic E-state index is -0.128. The highest BCUT2D eigenvalue weighted by Gasteiger charge is 2.25. The van der Waals surface area contributed by atoms with E-state index in [0.29, 0.717) is 0 Å². The van der Waals surface area contributed by atoms with E-state index in [-0.39, 0.29) is 11.2 Å². The highest BCUT2D eigenvalue weighted by molar-refractivity contribution is 8.00. The molecule has 1 atom stereocenters. The lowest BCUT2D eigenvalue weighted by Crippen LogP contribution is -2.34. The number of carbonyl (C=O) groups is 1. The van der Waals surface area contributed by atoms with Gasteiger partial charge in [-0.25, -0.2) is 9.97 Å². The number of thioether (sulfide) groups is 1. The Kier molecular flexibility index (Phi) is 4.72. The first kappa shape index (κ1) is 16.5. The van der Waals surface area contributed by atoms with Crippen molar-refractivity contribution < 1.29 is 4.79 Å². The fourth-order valence-electron chi connectivity index (χ4n) is 3.08. The first-order valence-electron chi connectivity index (χ1n) is 8.48. The molecule has 1 aliphatic heterocycles. The van der Waals surface area contributed by atoms with Gasteiger partial charge in [-0.2, -0.15) is 0 Å². The van der Waals surface area contributed by atoms with Gasteiger partial charge < -0.3 is 4.90 Å². The summed E-state index contributed by atoms with van der Waals surface area (Å²) in [6.45, 7) is 3.75. The normalized spacial score (nSPS) is 15.6. The van der Waals surface area contributed by atoms with E-state index in [2.05, 4.69) is 28.2 Å². The van der Waals surface area contributed by atoms with E-state index < -0.39 is 0 Å². The second-order valence-corrected chi connectivity index (χ2v) is 8.53. The molecule has 0 bridgehead atoms. The van der Waals surface area contributed by atoms with Crippen LogP contribution in [0.2, 0.25) is 0 Å². The molecule has 0 spiro atoms. The standard InChI is InChI=1S/C19H19N3OS2/c1-13(19(23)22-9-5-6-10-22)24-17-15-11-16(14-7-3-2-4-8-14)25-18(15)21-12-20-17/h2-4,7-8,11-13H,5-6,9-10H2,1H3/t13-/m0/s1. The highest BCUT2D eigenvalue weighted by Crippen LogP contribution is 2.37. The third-order valence-electron chi connectivity index (χ3n) is 4.41. The molecule has 1 aromatic carbocycles. The van der Waals surface area contributed by atoms with Crippen molar-refractivity contribution in [2.24, 2.45) is 0 Å². The number of nitrogens with zero attached hydrogens (tertiary/aromatic N) is 3. The van der Waals surface area contributed by atoms with Crippen LogP contribution in [0.25, 0.3) is 20.7 Å². The molecule has 1 aliphatic rings. The average molecular weight is 370 g/mol. The van der Waals surface area contributed by atoms with E-state index >= 15 is 0 Å². The molecule has 0 saturated carbocycles. The van der Waals surface area contributed by atoms with Crippen molar-refractivity contribution >= 4 is 39.2 Å². The van der Waals surface area contributed by atoms with Gasteiger partial charge in [0.05, 0.1) is 5.25 Å². The number of benzene rings is 1. The van der Waals surface area contributed by atoms with Gasteiger partial charge in [0.2, 0.25) is 5.91 Å². The minimum Gasteiger partial charge on any atom is -0.342 e. The zero-order valence-corrected chi connectivity index (χ0v) is 15.6. The van der Waals surface area contributed by atoms with Crippen LogP contribution in [0, 0.1) is 0 Å². The van der Waals surface area contributed by atoms with Crippen molar-refractivity contribution in [3.8, 4) is 10.4 Å². The first-order valence-corrected chi connectivity index (χ1v) is 10.2. The quantitative estimate of drug-likeness (QED) is 0.503. The van der Waals surface area contributed by atoms with Gasteiger partial charge in [-0.05, 0) is 31.4 Å². The second kappa shape index (κ2) is 7.14. The van der Waals surface area contributed by atoms with Gasteiger partial charge in [0.15, 0.2) is 0 Å². The maximum absolute atomic E-state index is 12.6. The van der Waals surface area contributed by atoms with E-state index in [1.165, 1.54) is 10.4 Å². The van der Waals surface area contributed by atoms with E-state index in [1.807, 2.05) is 30.0 Å². The monoisotopic (exact) mass is 369 g/mol. The average Bonchev–Trinajstić information content (AvgIpc) is 3.32. The van der Waals surface area contributed by atoms with Crippen LogP contribution in [0.3, 0.4) is 0 Å². The minimum absolute atomic E-state index is 0.128. The third-order valence-corrected chi connectivity index (χ3v) is 6.60. The van der Waals surface area contributed by atoms with Gasteiger partial charge in [0.1, 0.15) is 16.2 Å². The molecule has 3 heterocycles. The Bertz CT molecular complexity index is 888. The molecule has 6 heteroatoms. The summed E-state index contributed by atoms with van der Waals surface area (Å²) in [6.07, 6.45) is 3.83. The Morgan fingerprint density at radius 2 is 1.96 bits per heavy atom. The van der Waals surface area contributed by atoms with Gasteiger partial charge in [0, 0.05) is 23.4 Å². The first-order chi connectivity index (χ1) is 12.2. The zero-order chi connectivity index (χ0) is 17.2. The van der Waals surface area contributed by atoms with Crippen molar-refractivity contribution in [3.63, 3.8) is 0 Å². The van der Waals surface area contributed by atoms with E-state index in [4.69, 9.17) is 0 Å². The van der Waals surface area contributed by atoms with Gasteiger partial charge in [-0.3, -0.25) is 4.79 Å². The van der Waals surface area contributed by atoms with Crippen molar-refractivity contribution in [3.05, 3.63) is 42.7 Å². The Balaban J connectivity index is 1.61. The zero-order valence-electron chi connectivity index (χ0n) is 14.0. The molecule has 2 aromatic heterocycles. The van der Waals surface area contributed by atoms with E-state index in [9.17, 15) is 4.79 Å². The number of aromatic nitrogens is 2. The molecule has 25 heavy (non-hydrogen) atoms. The Labute approximate surface area is 155 Å². The van der Waals surface area contributed by atoms with Gasteiger partial charge >= 0.3 is 0 Å². The van der Waals surface area contributed by atoms with Gasteiger partial charge in [0.25, 0.3) is 0 Å². The summed E-state index contributed by atoms with van der Waals surface area (Å²) >= 11 is 3.21. The summed E-state index contributed by atoms with van der Waals surface area (Å²) in [6, 6.07) is 12.4. The molecular weight excluding hydrogens is 350 g/mol. The van der Waals surface area contributed by atoms with Crippen LogP contribution < -0.4 is 0 Å². The fourth-order valence-corrected chi connectivity index (χ4v) is 5.13. The summed E-state index contributed by atoms with van der Waals surface area (Å²) in [5.41, 5.74) is 1.18. The summed E-state index contributed by atoms with van der Waals surface area (Å²) in [5, 5.41) is 1.80. The Morgan fingerprint density at radius 1 is 1.20 bits per heavy atom. The van der Waals surface area contributed by atoms with Crippen LogP contribution in [-0.4, -0.2) is 39.1 Å². The van der Waals surface area contributed by atoms with Crippen molar-refractivity contribution in [1.29, 1.82) is 0 Å². The van der Waals surface area contributed by atoms with E-state index in [1.54, 1.807) is 29.4 Å². The van der Waals surface area contributed by atoms with Gasteiger partial charge in [-0.15, -0.1) is 11.3 Å². The fraction of sp³-hybridized carbons (Fsp3) is 0.316. The number of thiophene rings is 1. The smallest absolute Gasteiger partial charge is 0.235 e. The highest BCUT2D eigenvalue weighted by atomic mass is 32.2. The van der Waals surface area contributed by atoms with Crippen molar-refractivity contribution in [2.75, 3.05) is 13.1 Å². The molecule has 0 unspecified atom stereocenters. The van der Waals surface area contributed by atoms with Crippen LogP contribution in [0.15, 0.2) is 47.8 Å². The SMILES string of the molecule is C[C@H](Sc1ncnc2sc(-c3ccccc3)cc12)C(=O)N1CCCC1. The Morgan fingerprint density at radius 3 is 2.72 bits per heavy atom. The largest absolute Gasteiger partial charge is 0.342 e. The molecule has 4 rings (SSSR count). The number of carbonyl (C=O) groups excluding carboxylic acids is 1. The molecule has 1 fully saturated rings. The van der Waals surface area contributed by atoms with Crippen LogP contribution >= 0.6 is 23.1 Å². The maximum Gasteiger partial charge on any atom is 0.235 e. The molecule has 3 aromatic rings. The lowest BCUT2D eigenvalue weighted by Gasteiger charge is -2.19. The molecule has 4 nitrogen and oxygen atoms in total. The molecule has 0 N–H and O–H groups in total.